The molecule has 0 amide bonds. The van der Waals surface area contributed by atoms with Crippen LogP contribution < -0.4 is 0 Å². The maximum Gasteiger partial charge on any atom is 0.136 e. The Hall–Kier alpha value is -1.29. The van der Waals surface area contributed by atoms with Gasteiger partial charge in [0.05, 0.1) is 9.72 Å². The number of rotatable bonds is 1. The summed E-state index contributed by atoms with van der Waals surface area (Å²) >= 11 is 13.3. The molecule has 0 fully saturated rings. The van der Waals surface area contributed by atoms with Crippen LogP contribution in [-0.2, 0) is 0 Å². The first-order valence-electron chi connectivity index (χ1n) is 5.43. The molecule has 0 aliphatic carbocycles. The number of benzene rings is 2. The molecule has 3 aromatic rings. The van der Waals surface area contributed by atoms with E-state index in [1.54, 1.807) is 24.3 Å². The SMILES string of the molecule is Oc1cc2cc(-c3ccccc3F)sc2c(Cl)c1Cl. The van der Waals surface area contributed by atoms with Crippen LogP contribution in [0.4, 0.5) is 4.39 Å². The van der Waals surface area contributed by atoms with Crippen molar-refractivity contribution in [1.82, 2.24) is 0 Å². The van der Waals surface area contributed by atoms with E-state index >= 15 is 0 Å². The Labute approximate surface area is 122 Å². The molecule has 5 heteroatoms. The number of hydrogen-bond donors (Lipinski definition) is 1. The van der Waals surface area contributed by atoms with Crippen molar-refractivity contribution in [2.45, 2.75) is 0 Å². The van der Waals surface area contributed by atoms with Crippen LogP contribution in [0.1, 0.15) is 0 Å². The molecule has 0 bridgehead atoms. The zero-order valence-corrected chi connectivity index (χ0v) is 11.8. The zero-order valence-electron chi connectivity index (χ0n) is 9.45. The van der Waals surface area contributed by atoms with Crippen molar-refractivity contribution in [3.8, 4) is 16.2 Å². The lowest BCUT2D eigenvalue weighted by Crippen LogP contribution is -1.78. The van der Waals surface area contributed by atoms with Gasteiger partial charge in [0.2, 0.25) is 0 Å². The smallest absolute Gasteiger partial charge is 0.136 e. The summed E-state index contributed by atoms with van der Waals surface area (Å²) < 4.78 is 14.5. The third kappa shape index (κ3) is 2.08. The van der Waals surface area contributed by atoms with Gasteiger partial charge in [0.25, 0.3) is 0 Å². The van der Waals surface area contributed by atoms with Gasteiger partial charge in [-0.15, -0.1) is 11.3 Å². The van der Waals surface area contributed by atoms with Gasteiger partial charge in [-0.2, -0.15) is 0 Å². The fourth-order valence-electron chi connectivity index (χ4n) is 1.90. The van der Waals surface area contributed by atoms with E-state index in [-0.39, 0.29) is 16.6 Å². The highest BCUT2D eigenvalue weighted by atomic mass is 35.5. The predicted octanol–water partition coefficient (Wildman–Crippen LogP) is 5.72. The van der Waals surface area contributed by atoms with Gasteiger partial charge in [-0.1, -0.05) is 41.4 Å². The number of halogens is 3. The summed E-state index contributed by atoms with van der Waals surface area (Å²) in [5.74, 6) is -0.363. The molecule has 0 aliphatic heterocycles. The normalized spacial score (nSPS) is 11.1. The molecule has 2 aromatic carbocycles. The van der Waals surface area contributed by atoms with Crippen LogP contribution in [0.2, 0.25) is 10.0 Å². The molecule has 96 valence electrons. The molecule has 1 nitrogen and oxygen atoms in total. The largest absolute Gasteiger partial charge is 0.506 e. The van der Waals surface area contributed by atoms with Gasteiger partial charge in [0.15, 0.2) is 0 Å². The lowest BCUT2D eigenvalue weighted by atomic mass is 10.1. The van der Waals surface area contributed by atoms with E-state index in [1.807, 2.05) is 0 Å². The molecule has 19 heavy (non-hydrogen) atoms. The molecule has 0 atom stereocenters. The van der Waals surface area contributed by atoms with E-state index < -0.39 is 0 Å². The summed E-state index contributed by atoms with van der Waals surface area (Å²) in [6.45, 7) is 0. The second-order valence-corrected chi connectivity index (χ2v) is 5.84. The Morgan fingerprint density at radius 1 is 1.05 bits per heavy atom. The lowest BCUT2D eigenvalue weighted by molar-refractivity contribution is 0.476. The highest BCUT2D eigenvalue weighted by molar-refractivity contribution is 7.23. The summed E-state index contributed by atoms with van der Waals surface area (Å²) in [5.41, 5.74) is 0.510. The molecular formula is C14H7Cl2FOS. The van der Waals surface area contributed by atoms with E-state index in [0.717, 1.165) is 15.0 Å². The summed E-state index contributed by atoms with van der Waals surface area (Å²) in [7, 11) is 0. The van der Waals surface area contributed by atoms with E-state index in [2.05, 4.69) is 0 Å². The number of fused-ring (bicyclic) bond motifs is 1. The van der Waals surface area contributed by atoms with Crippen molar-refractivity contribution < 1.29 is 9.50 Å². The molecular weight excluding hydrogens is 306 g/mol. The summed E-state index contributed by atoms with van der Waals surface area (Å²) in [4.78, 5) is 0.747. The van der Waals surface area contributed by atoms with Crippen LogP contribution in [0.5, 0.6) is 5.75 Å². The van der Waals surface area contributed by atoms with E-state index in [0.29, 0.717) is 10.6 Å². The van der Waals surface area contributed by atoms with Crippen LogP contribution in [0, 0.1) is 5.82 Å². The third-order valence-electron chi connectivity index (χ3n) is 2.81. The fraction of sp³-hybridized carbons (Fsp3) is 0. The van der Waals surface area contributed by atoms with Gasteiger partial charge in [0.1, 0.15) is 16.6 Å². The minimum atomic E-state index is -0.291. The number of phenols is 1. The fourth-order valence-corrected chi connectivity index (χ4v) is 3.54. The van der Waals surface area contributed by atoms with Crippen molar-refractivity contribution in [3.63, 3.8) is 0 Å². The van der Waals surface area contributed by atoms with Gasteiger partial charge < -0.3 is 5.11 Å². The van der Waals surface area contributed by atoms with Crippen LogP contribution in [0.15, 0.2) is 36.4 Å². The highest BCUT2D eigenvalue weighted by Gasteiger charge is 2.14. The quantitative estimate of drug-likeness (QED) is 0.609. The molecule has 1 aromatic heterocycles. The maximum absolute atomic E-state index is 13.8. The van der Waals surface area contributed by atoms with Gasteiger partial charge in [-0.05, 0) is 23.6 Å². The molecule has 3 rings (SSSR count). The van der Waals surface area contributed by atoms with E-state index in [4.69, 9.17) is 23.2 Å². The molecule has 1 N–H and O–H groups in total. The van der Waals surface area contributed by atoms with Crippen molar-refractivity contribution in [2.75, 3.05) is 0 Å². The highest BCUT2D eigenvalue weighted by Crippen LogP contribution is 2.44. The Kier molecular flexibility index (Phi) is 3.13. The molecule has 0 spiro atoms. The monoisotopic (exact) mass is 312 g/mol. The van der Waals surface area contributed by atoms with Gasteiger partial charge in [0, 0.05) is 10.4 Å². The zero-order chi connectivity index (χ0) is 13.6. The Bertz CT molecular complexity index is 782. The molecule has 0 saturated heterocycles. The first-order valence-corrected chi connectivity index (χ1v) is 7.00. The number of hydrogen-bond acceptors (Lipinski definition) is 2. The molecule has 0 saturated carbocycles. The summed E-state index contributed by atoms with van der Waals surface area (Å²) in [5, 5.41) is 10.8. The molecule has 0 unspecified atom stereocenters. The predicted molar refractivity (Wildman–Crippen MR) is 78.9 cm³/mol. The van der Waals surface area contributed by atoms with Crippen LogP contribution >= 0.6 is 34.5 Å². The molecule has 1 heterocycles. The second kappa shape index (κ2) is 4.67. The van der Waals surface area contributed by atoms with Crippen LogP contribution in [0.25, 0.3) is 20.5 Å². The van der Waals surface area contributed by atoms with Gasteiger partial charge in [-0.25, -0.2) is 4.39 Å². The van der Waals surface area contributed by atoms with E-state index in [1.165, 1.54) is 23.5 Å². The number of phenolic OH excluding ortho intramolecular Hbond substituents is 1. The van der Waals surface area contributed by atoms with Crippen molar-refractivity contribution in [1.29, 1.82) is 0 Å². The minimum Gasteiger partial charge on any atom is -0.506 e. The van der Waals surface area contributed by atoms with Crippen molar-refractivity contribution in [2.24, 2.45) is 0 Å². The lowest BCUT2D eigenvalue weighted by Gasteiger charge is -1.99. The Morgan fingerprint density at radius 3 is 2.53 bits per heavy atom. The third-order valence-corrected chi connectivity index (χ3v) is 4.98. The average molecular weight is 313 g/mol. The second-order valence-electron chi connectivity index (χ2n) is 4.03. The van der Waals surface area contributed by atoms with Crippen LogP contribution in [-0.4, -0.2) is 5.11 Å². The maximum atomic E-state index is 13.8. The first kappa shape index (κ1) is 12.7. The minimum absolute atomic E-state index is 0.0722. The van der Waals surface area contributed by atoms with Crippen molar-refractivity contribution >= 4 is 44.6 Å². The summed E-state index contributed by atoms with van der Waals surface area (Å²) in [6.07, 6.45) is 0. The number of aromatic hydroxyl groups is 1. The molecule has 0 radical (unpaired) electrons. The van der Waals surface area contributed by atoms with Gasteiger partial charge in [-0.3, -0.25) is 0 Å². The van der Waals surface area contributed by atoms with Crippen LogP contribution in [0.3, 0.4) is 0 Å². The Morgan fingerprint density at radius 2 is 1.79 bits per heavy atom. The summed E-state index contributed by atoms with van der Waals surface area (Å²) in [6, 6.07) is 9.85. The standard InChI is InChI=1S/C14H7Cl2FOS/c15-12-10(18)5-7-6-11(19-14(7)13(12)16)8-3-1-2-4-9(8)17/h1-6,18H. The van der Waals surface area contributed by atoms with E-state index in [9.17, 15) is 9.50 Å². The van der Waals surface area contributed by atoms with Gasteiger partial charge >= 0.3 is 0 Å². The average Bonchev–Trinajstić information content (AvgIpc) is 2.80. The topological polar surface area (TPSA) is 20.2 Å². The first-order chi connectivity index (χ1) is 9.08. The number of thiophene rings is 1. The Balaban J connectivity index is 2.29. The van der Waals surface area contributed by atoms with Crippen molar-refractivity contribution in [3.05, 3.63) is 52.3 Å². The molecule has 0 aliphatic rings.